The van der Waals surface area contributed by atoms with Gasteiger partial charge in [0.2, 0.25) is 0 Å². The Morgan fingerprint density at radius 3 is 2.49 bits per heavy atom. The molecule has 2 aromatic heterocycles. The van der Waals surface area contributed by atoms with Gasteiger partial charge in [-0.2, -0.15) is 0 Å². The van der Waals surface area contributed by atoms with E-state index in [1.165, 1.54) is 43.0 Å². The predicted octanol–water partition coefficient (Wildman–Crippen LogP) is 4.44. The molecule has 0 bridgehead atoms. The van der Waals surface area contributed by atoms with Gasteiger partial charge in [0.1, 0.15) is 11.5 Å². The van der Waals surface area contributed by atoms with E-state index in [1.807, 2.05) is 11.8 Å². The molecule has 2 aliphatic rings. The van der Waals surface area contributed by atoms with E-state index in [0.717, 1.165) is 24.3 Å². The van der Waals surface area contributed by atoms with Gasteiger partial charge in [-0.25, -0.2) is 23.7 Å². The topological polar surface area (TPSA) is 130 Å². The Morgan fingerprint density at radius 1 is 1.12 bits per heavy atom. The number of carboxylic acids is 1. The zero-order valence-corrected chi connectivity index (χ0v) is 24.8. The SMILES string of the molecule is CCOC[C@@H]1CCCN1Cc1sc(NC(=O)c2cnc(N3CCC(C(=O)O)CC3)cn2)nc1-c1cc(F)c(OC)c(F)c1. The highest BCUT2D eigenvalue weighted by molar-refractivity contribution is 7.16. The molecule has 0 spiro atoms. The van der Waals surface area contributed by atoms with Crippen molar-refractivity contribution in [3.8, 4) is 17.0 Å². The van der Waals surface area contributed by atoms with Crippen LogP contribution in [0.3, 0.4) is 0 Å². The molecule has 0 saturated carbocycles. The number of methoxy groups -OCH3 is 1. The summed E-state index contributed by atoms with van der Waals surface area (Å²) in [5.41, 5.74) is 0.674. The molecule has 11 nitrogen and oxygen atoms in total. The lowest BCUT2D eigenvalue weighted by atomic mass is 9.97. The van der Waals surface area contributed by atoms with Crippen LogP contribution in [0.15, 0.2) is 24.5 Å². The minimum absolute atomic E-state index is 0.0697. The van der Waals surface area contributed by atoms with Crippen molar-refractivity contribution in [1.82, 2.24) is 19.9 Å². The lowest BCUT2D eigenvalue weighted by Gasteiger charge is -2.30. The van der Waals surface area contributed by atoms with Gasteiger partial charge in [-0.15, -0.1) is 0 Å². The van der Waals surface area contributed by atoms with E-state index in [0.29, 0.717) is 57.2 Å². The van der Waals surface area contributed by atoms with Gasteiger partial charge in [-0.3, -0.25) is 19.8 Å². The molecule has 0 aliphatic carbocycles. The summed E-state index contributed by atoms with van der Waals surface area (Å²) in [6.07, 6.45) is 5.87. The first kappa shape index (κ1) is 30.7. The van der Waals surface area contributed by atoms with Gasteiger partial charge in [0.15, 0.2) is 22.5 Å². The third-order valence-corrected chi connectivity index (χ3v) is 8.75. The molecule has 43 heavy (non-hydrogen) atoms. The summed E-state index contributed by atoms with van der Waals surface area (Å²) >= 11 is 1.23. The molecule has 0 radical (unpaired) electrons. The lowest BCUT2D eigenvalue weighted by molar-refractivity contribution is -0.142. The highest BCUT2D eigenvalue weighted by Crippen LogP contribution is 2.36. The van der Waals surface area contributed by atoms with E-state index in [9.17, 15) is 23.5 Å². The van der Waals surface area contributed by atoms with Crippen LogP contribution in [-0.2, 0) is 16.1 Å². The third-order valence-electron chi connectivity index (χ3n) is 7.79. The number of carbonyl (C=O) groups is 2. The number of hydrogen-bond donors (Lipinski definition) is 2. The molecule has 2 N–H and O–H groups in total. The summed E-state index contributed by atoms with van der Waals surface area (Å²) in [6.45, 7) is 5.55. The van der Waals surface area contributed by atoms with Gasteiger partial charge in [0, 0.05) is 42.7 Å². The lowest BCUT2D eigenvalue weighted by Crippen LogP contribution is -2.36. The highest BCUT2D eigenvalue weighted by atomic mass is 32.1. The van der Waals surface area contributed by atoms with Crippen LogP contribution < -0.4 is 15.0 Å². The molecule has 5 rings (SSSR count). The molecule has 1 amide bonds. The summed E-state index contributed by atoms with van der Waals surface area (Å²) in [5, 5.41) is 12.2. The average Bonchev–Trinajstić information content (AvgIpc) is 3.62. The standard InChI is InChI=1S/C29H34F2N6O5S/c1-3-42-16-19-5-4-8-37(19)15-23-25(18-11-20(30)26(41-2)21(31)12-18)34-29(43-23)35-27(38)22-13-33-24(14-32-22)36-9-6-17(7-10-36)28(39)40/h11-14,17,19H,3-10,15-16H2,1-2H3,(H,39,40)(H,34,35,38)/t19-/m0/s1. The van der Waals surface area contributed by atoms with Crippen molar-refractivity contribution >= 4 is 34.2 Å². The summed E-state index contributed by atoms with van der Waals surface area (Å²) in [7, 11) is 1.20. The van der Waals surface area contributed by atoms with Crippen molar-refractivity contribution in [2.45, 2.75) is 45.2 Å². The predicted molar refractivity (Wildman–Crippen MR) is 157 cm³/mol. The largest absolute Gasteiger partial charge is 0.491 e. The number of piperidine rings is 1. The zero-order chi connectivity index (χ0) is 30.5. The van der Waals surface area contributed by atoms with Crippen molar-refractivity contribution in [3.63, 3.8) is 0 Å². The second-order valence-electron chi connectivity index (χ2n) is 10.5. The molecule has 14 heteroatoms. The monoisotopic (exact) mass is 616 g/mol. The number of likely N-dealkylation sites (tertiary alicyclic amines) is 1. The fraction of sp³-hybridized carbons (Fsp3) is 0.483. The van der Waals surface area contributed by atoms with Gasteiger partial charge in [0.05, 0.1) is 37.7 Å². The number of aromatic nitrogens is 3. The van der Waals surface area contributed by atoms with Crippen LogP contribution in [-0.4, -0.2) is 82.8 Å². The quantitative estimate of drug-likeness (QED) is 0.319. The minimum atomic E-state index is -0.847. The van der Waals surface area contributed by atoms with Crippen molar-refractivity contribution in [2.75, 3.05) is 50.2 Å². The van der Waals surface area contributed by atoms with Crippen molar-refractivity contribution in [1.29, 1.82) is 0 Å². The minimum Gasteiger partial charge on any atom is -0.491 e. The number of benzene rings is 1. The number of ether oxygens (including phenoxy) is 2. The Bertz CT molecular complexity index is 1420. The molecule has 2 fully saturated rings. The molecular formula is C29H34F2N6O5S. The normalized spacial score (nSPS) is 17.8. The molecule has 3 aromatic rings. The second kappa shape index (κ2) is 13.7. The maximum absolute atomic E-state index is 14.7. The molecule has 1 atom stereocenters. The maximum Gasteiger partial charge on any atom is 0.306 e. The number of nitrogens with one attached hydrogen (secondary N) is 1. The number of thiazole rings is 1. The first-order valence-corrected chi connectivity index (χ1v) is 15.0. The van der Waals surface area contributed by atoms with Crippen LogP contribution in [0.1, 0.15) is 48.0 Å². The number of carboxylic acid groups (broad SMARTS) is 1. The average molecular weight is 617 g/mol. The number of rotatable bonds is 11. The van der Waals surface area contributed by atoms with E-state index in [1.54, 1.807) is 0 Å². The fourth-order valence-corrected chi connectivity index (χ4v) is 6.48. The van der Waals surface area contributed by atoms with E-state index in [4.69, 9.17) is 9.47 Å². The van der Waals surface area contributed by atoms with E-state index in [2.05, 4.69) is 25.2 Å². The number of aliphatic carboxylic acids is 1. The fourth-order valence-electron chi connectivity index (χ4n) is 5.48. The summed E-state index contributed by atoms with van der Waals surface area (Å²) in [5.74, 6) is -3.29. The van der Waals surface area contributed by atoms with Gasteiger partial charge in [0.25, 0.3) is 5.91 Å². The number of halogens is 2. The molecule has 0 unspecified atom stereocenters. The van der Waals surface area contributed by atoms with Crippen LogP contribution in [0, 0.1) is 17.6 Å². The molecule has 1 aromatic carbocycles. The third kappa shape index (κ3) is 7.08. The van der Waals surface area contributed by atoms with Gasteiger partial charge < -0.3 is 19.5 Å². The first-order valence-electron chi connectivity index (χ1n) is 14.2. The van der Waals surface area contributed by atoms with E-state index < -0.39 is 29.3 Å². The number of nitrogens with zero attached hydrogens (tertiary/aromatic N) is 5. The smallest absolute Gasteiger partial charge is 0.306 e. The van der Waals surface area contributed by atoms with Crippen molar-refractivity contribution in [2.24, 2.45) is 5.92 Å². The van der Waals surface area contributed by atoms with E-state index >= 15 is 0 Å². The zero-order valence-electron chi connectivity index (χ0n) is 24.0. The second-order valence-corrected chi connectivity index (χ2v) is 11.6. The Balaban J connectivity index is 1.35. The van der Waals surface area contributed by atoms with Gasteiger partial charge in [-0.1, -0.05) is 11.3 Å². The summed E-state index contributed by atoms with van der Waals surface area (Å²) < 4.78 is 39.8. The first-order chi connectivity index (χ1) is 20.8. The highest BCUT2D eigenvalue weighted by Gasteiger charge is 2.28. The van der Waals surface area contributed by atoms with Crippen LogP contribution in [0.5, 0.6) is 5.75 Å². The number of hydrogen-bond acceptors (Lipinski definition) is 10. The molecule has 2 saturated heterocycles. The van der Waals surface area contributed by atoms with Crippen LogP contribution >= 0.6 is 11.3 Å². The number of carbonyl (C=O) groups excluding carboxylic acids is 1. The number of amides is 1. The van der Waals surface area contributed by atoms with Gasteiger partial charge in [-0.05, 0) is 51.3 Å². The van der Waals surface area contributed by atoms with Crippen LogP contribution in [0.25, 0.3) is 11.3 Å². The van der Waals surface area contributed by atoms with Crippen LogP contribution in [0.2, 0.25) is 0 Å². The van der Waals surface area contributed by atoms with Gasteiger partial charge >= 0.3 is 5.97 Å². The summed E-state index contributed by atoms with van der Waals surface area (Å²) in [4.78, 5) is 42.5. The Labute approximate surface area is 251 Å². The Morgan fingerprint density at radius 2 is 1.86 bits per heavy atom. The number of anilines is 2. The van der Waals surface area contributed by atoms with Crippen LogP contribution in [0.4, 0.5) is 19.7 Å². The molecule has 230 valence electrons. The Hall–Kier alpha value is -3.75. The molecule has 4 heterocycles. The molecule has 2 aliphatic heterocycles. The maximum atomic E-state index is 14.7. The Kier molecular flexibility index (Phi) is 9.78. The molecular weight excluding hydrogens is 582 g/mol. The van der Waals surface area contributed by atoms with Crippen molar-refractivity contribution < 1.29 is 33.0 Å². The summed E-state index contributed by atoms with van der Waals surface area (Å²) in [6, 6.07) is 2.56. The van der Waals surface area contributed by atoms with Crippen molar-refractivity contribution in [3.05, 3.63) is 46.7 Å². The van der Waals surface area contributed by atoms with E-state index in [-0.39, 0.29) is 28.3 Å².